The van der Waals surface area contributed by atoms with Gasteiger partial charge in [0, 0.05) is 44.4 Å². The Morgan fingerprint density at radius 2 is 2.09 bits per heavy atom. The molecule has 1 atom stereocenters. The van der Waals surface area contributed by atoms with Crippen molar-refractivity contribution in [2.45, 2.75) is 19.3 Å². The van der Waals surface area contributed by atoms with E-state index in [4.69, 9.17) is 4.74 Å². The average Bonchev–Trinajstić information content (AvgIpc) is 2.62. The van der Waals surface area contributed by atoms with Crippen molar-refractivity contribution in [3.8, 4) is 5.88 Å². The third-order valence-electron chi connectivity index (χ3n) is 4.32. The Morgan fingerprint density at radius 1 is 1.27 bits per heavy atom. The van der Waals surface area contributed by atoms with Gasteiger partial charge in [0.15, 0.2) is 0 Å². The van der Waals surface area contributed by atoms with E-state index < -0.39 is 0 Å². The number of ether oxygens (including phenoxy) is 1. The smallest absolute Gasteiger partial charge is 0.228 e. The van der Waals surface area contributed by atoms with Crippen LogP contribution in [0.1, 0.15) is 19.3 Å². The molecule has 1 fully saturated rings. The second-order valence-electron chi connectivity index (χ2n) is 5.69. The fourth-order valence-corrected chi connectivity index (χ4v) is 3.00. The Balaban J connectivity index is 1.57. The van der Waals surface area contributed by atoms with Crippen molar-refractivity contribution in [2.24, 2.45) is 5.92 Å². The quantitative estimate of drug-likeness (QED) is 0.792. The highest BCUT2D eigenvalue weighted by molar-refractivity contribution is 5.79. The fourth-order valence-electron chi connectivity index (χ4n) is 3.00. The maximum absolute atomic E-state index is 12.5. The Labute approximate surface area is 130 Å². The molecule has 0 bridgehead atoms. The van der Waals surface area contributed by atoms with E-state index in [2.05, 4.69) is 27.0 Å². The molecule has 1 amide bonds. The molecule has 1 saturated heterocycles. The van der Waals surface area contributed by atoms with E-state index in [1.54, 1.807) is 19.4 Å². The van der Waals surface area contributed by atoms with Crippen LogP contribution in [0.25, 0.3) is 0 Å². The summed E-state index contributed by atoms with van der Waals surface area (Å²) in [5, 5.41) is 0. The molecule has 6 heteroatoms. The molecule has 2 heterocycles. The van der Waals surface area contributed by atoms with E-state index in [-0.39, 0.29) is 5.92 Å². The summed E-state index contributed by atoms with van der Waals surface area (Å²) in [6.45, 7) is 3.00. The van der Waals surface area contributed by atoms with Gasteiger partial charge in [0.2, 0.25) is 17.7 Å². The molecular formula is C16H22N4O2. The van der Waals surface area contributed by atoms with Crippen molar-refractivity contribution in [3.05, 3.63) is 24.4 Å². The summed E-state index contributed by atoms with van der Waals surface area (Å²) < 4.78 is 5.14. The van der Waals surface area contributed by atoms with Crippen LogP contribution in [0.4, 0.5) is 5.95 Å². The molecule has 0 unspecified atom stereocenters. The fraction of sp³-hybridized carbons (Fsp3) is 0.562. The van der Waals surface area contributed by atoms with Crippen molar-refractivity contribution >= 4 is 11.9 Å². The standard InChI is InChI=1S/C16H22N4O2/c1-22-14-7-8-17-16(18-14)20-11-9-19(10-12-20)15(21)13-5-3-2-4-6-13/h2-3,7-8,13H,4-6,9-12H2,1H3/t13-/m1/s1. The highest BCUT2D eigenvalue weighted by Gasteiger charge is 2.28. The molecule has 0 radical (unpaired) electrons. The van der Waals surface area contributed by atoms with E-state index in [0.29, 0.717) is 17.7 Å². The number of nitrogens with zero attached hydrogens (tertiary/aromatic N) is 4. The second-order valence-corrected chi connectivity index (χ2v) is 5.69. The number of carbonyl (C=O) groups excluding carboxylic acids is 1. The predicted octanol–water partition coefficient (Wildman–Crippen LogP) is 1.49. The van der Waals surface area contributed by atoms with E-state index in [0.717, 1.165) is 45.4 Å². The number of methoxy groups -OCH3 is 1. The minimum absolute atomic E-state index is 0.171. The highest BCUT2D eigenvalue weighted by Crippen LogP contribution is 2.22. The van der Waals surface area contributed by atoms with Crippen LogP contribution in [0.3, 0.4) is 0 Å². The van der Waals surface area contributed by atoms with Gasteiger partial charge in [-0.2, -0.15) is 4.98 Å². The zero-order chi connectivity index (χ0) is 15.4. The second kappa shape index (κ2) is 6.77. The highest BCUT2D eigenvalue weighted by atomic mass is 16.5. The van der Waals surface area contributed by atoms with Gasteiger partial charge in [-0.05, 0) is 19.3 Å². The van der Waals surface area contributed by atoms with Crippen molar-refractivity contribution in [2.75, 3.05) is 38.2 Å². The number of amides is 1. The molecule has 0 N–H and O–H groups in total. The van der Waals surface area contributed by atoms with Crippen LogP contribution in [0, 0.1) is 5.92 Å². The molecule has 1 aliphatic carbocycles. The van der Waals surface area contributed by atoms with Crippen molar-refractivity contribution in [1.82, 2.24) is 14.9 Å². The van der Waals surface area contributed by atoms with E-state index in [1.165, 1.54) is 0 Å². The summed E-state index contributed by atoms with van der Waals surface area (Å²) in [6, 6.07) is 1.74. The number of allylic oxidation sites excluding steroid dienone is 2. The number of aromatic nitrogens is 2. The predicted molar refractivity (Wildman–Crippen MR) is 83.9 cm³/mol. The summed E-state index contributed by atoms with van der Waals surface area (Å²) in [4.78, 5) is 25.3. The Kier molecular flexibility index (Phi) is 4.56. The van der Waals surface area contributed by atoms with Crippen LogP contribution in [-0.4, -0.2) is 54.1 Å². The molecule has 3 rings (SSSR count). The van der Waals surface area contributed by atoms with Gasteiger partial charge in [-0.15, -0.1) is 0 Å². The normalized spacial score (nSPS) is 21.8. The monoisotopic (exact) mass is 302 g/mol. The van der Waals surface area contributed by atoms with Crippen LogP contribution in [0.15, 0.2) is 24.4 Å². The summed E-state index contributed by atoms with van der Waals surface area (Å²) >= 11 is 0. The molecule has 1 aromatic rings. The van der Waals surface area contributed by atoms with Gasteiger partial charge in [-0.3, -0.25) is 4.79 Å². The lowest BCUT2D eigenvalue weighted by Crippen LogP contribution is -2.51. The maximum atomic E-state index is 12.5. The zero-order valence-electron chi connectivity index (χ0n) is 12.9. The lowest BCUT2D eigenvalue weighted by atomic mass is 9.93. The van der Waals surface area contributed by atoms with Crippen LogP contribution >= 0.6 is 0 Å². The van der Waals surface area contributed by atoms with Gasteiger partial charge >= 0.3 is 0 Å². The van der Waals surface area contributed by atoms with E-state index in [9.17, 15) is 4.79 Å². The summed E-state index contributed by atoms with van der Waals surface area (Å²) in [6.07, 6.45) is 8.89. The summed E-state index contributed by atoms with van der Waals surface area (Å²) in [5.41, 5.74) is 0. The number of hydrogen-bond acceptors (Lipinski definition) is 5. The van der Waals surface area contributed by atoms with Gasteiger partial charge in [-0.25, -0.2) is 4.98 Å². The number of carbonyl (C=O) groups is 1. The SMILES string of the molecule is COc1ccnc(N2CCN(C(=O)[C@@H]3CC=CCC3)CC2)n1. The van der Waals surface area contributed by atoms with E-state index in [1.807, 2.05) is 4.90 Å². The number of piperazine rings is 1. The largest absolute Gasteiger partial charge is 0.481 e. The third kappa shape index (κ3) is 3.21. The minimum Gasteiger partial charge on any atom is -0.481 e. The first-order valence-corrected chi connectivity index (χ1v) is 7.83. The maximum Gasteiger partial charge on any atom is 0.228 e. The van der Waals surface area contributed by atoms with Crippen molar-refractivity contribution < 1.29 is 9.53 Å². The molecular weight excluding hydrogens is 280 g/mol. The number of hydrogen-bond donors (Lipinski definition) is 0. The van der Waals surface area contributed by atoms with Crippen LogP contribution in [-0.2, 0) is 4.79 Å². The van der Waals surface area contributed by atoms with Crippen molar-refractivity contribution in [1.29, 1.82) is 0 Å². The lowest BCUT2D eigenvalue weighted by molar-refractivity contribution is -0.136. The van der Waals surface area contributed by atoms with E-state index >= 15 is 0 Å². The number of rotatable bonds is 3. The van der Waals surface area contributed by atoms with Gasteiger partial charge in [0.05, 0.1) is 7.11 Å². The van der Waals surface area contributed by atoms with Gasteiger partial charge in [-0.1, -0.05) is 12.2 Å². The Morgan fingerprint density at radius 3 is 2.77 bits per heavy atom. The van der Waals surface area contributed by atoms with Crippen LogP contribution in [0.2, 0.25) is 0 Å². The van der Waals surface area contributed by atoms with Crippen molar-refractivity contribution in [3.63, 3.8) is 0 Å². The molecule has 1 aromatic heterocycles. The van der Waals surface area contributed by atoms with Gasteiger partial charge < -0.3 is 14.5 Å². The Hall–Kier alpha value is -2.11. The van der Waals surface area contributed by atoms with Crippen LogP contribution < -0.4 is 9.64 Å². The zero-order valence-corrected chi connectivity index (χ0v) is 12.9. The molecule has 0 spiro atoms. The topological polar surface area (TPSA) is 58.6 Å². The molecule has 0 aromatic carbocycles. The minimum atomic E-state index is 0.171. The van der Waals surface area contributed by atoms with Gasteiger partial charge in [0.25, 0.3) is 0 Å². The molecule has 22 heavy (non-hydrogen) atoms. The third-order valence-corrected chi connectivity index (χ3v) is 4.32. The summed E-state index contributed by atoms with van der Waals surface area (Å²) in [7, 11) is 1.60. The van der Waals surface area contributed by atoms with Gasteiger partial charge in [0.1, 0.15) is 0 Å². The molecule has 6 nitrogen and oxygen atoms in total. The molecule has 2 aliphatic rings. The first-order valence-electron chi connectivity index (χ1n) is 7.83. The molecule has 0 saturated carbocycles. The number of anilines is 1. The first kappa shape index (κ1) is 14.8. The molecule has 118 valence electrons. The summed E-state index contributed by atoms with van der Waals surface area (Å²) in [5.74, 6) is 1.71. The first-order chi connectivity index (χ1) is 10.8. The molecule has 1 aliphatic heterocycles. The average molecular weight is 302 g/mol. The lowest BCUT2D eigenvalue weighted by Gasteiger charge is -2.36. The Bertz CT molecular complexity index is 553. The van der Waals surface area contributed by atoms with Crippen LogP contribution in [0.5, 0.6) is 5.88 Å².